The first-order valence-electron chi connectivity index (χ1n) is 7.61. The van der Waals surface area contributed by atoms with Gasteiger partial charge in [0.1, 0.15) is 5.75 Å². The van der Waals surface area contributed by atoms with Crippen LogP contribution in [-0.2, 0) is 0 Å². The zero-order valence-corrected chi connectivity index (χ0v) is 13.2. The molecule has 0 radical (unpaired) electrons. The molecule has 3 aromatic rings. The second-order valence-electron chi connectivity index (χ2n) is 5.53. The Balaban J connectivity index is 1.79. The fourth-order valence-corrected chi connectivity index (χ4v) is 2.60. The molecule has 0 aliphatic rings. The Morgan fingerprint density at radius 1 is 0.957 bits per heavy atom. The van der Waals surface area contributed by atoms with Gasteiger partial charge in [-0.25, -0.2) is 0 Å². The molecule has 0 unspecified atom stereocenters. The van der Waals surface area contributed by atoms with E-state index in [1.54, 1.807) is 19.2 Å². The van der Waals surface area contributed by atoms with E-state index in [4.69, 9.17) is 4.74 Å². The predicted molar refractivity (Wildman–Crippen MR) is 92.8 cm³/mol. The largest absolute Gasteiger partial charge is 0.497 e. The third-order valence-corrected chi connectivity index (χ3v) is 3.95. The molecule has 0 bridgehead atoms. The molecule has 0 saturated carbocycles. The number of benzene rings is 3. The van der Waals surface area contributed by atoms with E-state index in [2.05, 4.69) is 35.6 Å². The normalized spacial score (nSPS) is 11.9. The van der Waals surface area contributed by atoms with Crippen molar-refractivity contribution in [1.29, 1.82) is 0 Å². The fourth-order valence-electron chi connectivity index (χ4n) is 2.60. The third-order valence-electron chi connectivity index (χ3n) is 3.95. The average molecular weight is 305 g/mol. The molecule has 116 valence electrons. The molecule has 0 aliphatic carbocycles. The summed E-state index contributed by atoms with van der Waals surface area (Å²) in [6.45, 7) is 1.99. The monoisotopic (exact) mass is 305 g/mol. The molecule has 1 amide bonds. The number of amides is 1. The Labute approximate surface area is 135 Å². The molecule has 23 heavy (non-hydrogen) atoms. The van der Waals surface area contributed by atoms with Crippen LogP contribution in [0.15, 0.2) is 66.7 Å². The summed E-state index contributed by atoms with van der Waals surface area (Å²) < 4.78 is 5.16. The van der Waals surface area contributed by atoms with Gasteiger partial charge in [0.05, 0.1) is 13.2 Å². The minimum atomic E-state index is -0.107. The molecule has 3 rings (SSSR count). The SMILES string of the molecule is COc1cccc(C(=O)N[C@@H](C)c2ccc3ccccc3c2)c1. The van der Waals surface area contributed by atoms with Crippen LogP contribution in [0.3, 0.4) is 0 Å². The molecule has 0 fully saturated rings. The van der Waals surface area contributed by atoms with E-state index in [0.29, 0.717) is 11.3 Å². The van der Waals surface area contributed by atoms with Crippen LogP contribution in [-0.4, -0.2) is 13.0 Å². The summed E-state index contributed by atoms with van der Waals surface area (Å²) in [5.41, 5.74) is 1.68. The van der Waals surface area contributed by atoms with E-state index < -0.39 is 0 Å². The van der Waals surface area contributed by atoms with E-state index in [1.807, 2.05) is 31.2 Å². The van der Waals surface area contributed by atoms with Crippen molar-refractivity contribution in [3.63, 3.8) is 0 Å². The van der Waals surface area contributed by atoms with Crippen molar-refractivity contribution in [2.45, 2.75) is 13.0 Å². The quantitative estimate of drug-likeness (QED) is 0.778. The highest BCUT2D eigenvalue weighted by Crippen LogP contribution is 2.21. The minimum Gasteiger partial charge on any atom is -0.497 e. The number of rotatable bonds is 4. The number of hydrogen-bond donors (Lipinski definition) is 1. The molecule has 3 nitrogen and oxygen atoms in total. The summed E-state index contributed by atoms with van der Waals surface area (Å²) in [6.07, 6.45) is 0. The smallest absolute Gasteiger partial charge is 0.251 e. The maximum atomic E-state index is 12.4. The van der Waals surface area contributed by atoms with Crippen LogP contribution in [0.25, 0.3) is 10.8 Å². The number of hydrogen-bond acceptors (Lipinski definition) is 2. The van der Waals surface area contributed by atoms with Crippen LogP contribution in [0.1, 0.15) is 28.9 Å². The van der Waals surface area contributed by atoms with Crippen molar-refractivity contribution in [3.8, 4) is 5.75 Å². The van der Waals surface area contributed by atoms with E-state index in [1.165, 1.54) is 10.8 Å². The van der Waals surface area contributed by atoms with Gasteiger partial charge < -0.3 is 10.1 Å². The number of ether oxygens (including phenoxy) is 1. The van der Waals surface area contributed by atoms with E-state index in [9.17, 15) is 4.79 Å². The minimum absolute atomic E-state index is 0.0710. The second kappa shape index (κ2) is 6.53. The molecular weight excluding hydrogens is 286 g/mol. The third kappa shape index (κ3) is 3.34. The Kier molecular flexibility index (Phi) is 4.29. The Hall–Kier alpha value is -2.81. The Bertz CT molecular complexity index is 842. The summed E-state index contributed by atoms with van der Waals surface area (Å²) in [6, 6.07) is 21.5. The van der Waals surface area contributed by atoms with E-state index in [-0.39, 0.29) is 11.9 Å². The predicted octanol–water partition coefficient (Wildman–Crippen LogP) is 4.34. The van der Waals surface area contributed by atoms with Gasteiger partial charge in [0.25, 0.3) is 5.91 Å². The first-order chi connectivity index (χ1) is 11.2. The van der Waals surface area contributed by atoms with Crippen LogP contribution in [0.5, 0.6) is 5.75 Å². The fraction of sp³-hybridized carbons (Fsp3) is 0.150. The van der Waals surface area contributed by atoms with Crippen LogP contribution in [0.2, 0.25) is 0 Å². The molecule has 0 saturated heterocycles. The van der Waals surface area contributed by atoms with Crippen molar-refractivity contribution >= 4 is 16.7 Å². The Morgan fingerprint density at radius 3 is 2.52 bits per heavy atom. The lowest BCUT2D eigenvalue weighted by molar-refractivity contribution is 0.0939. The molecular formula is C20H19NO2. The number of methoxy groups -OCH3 is 1. The van der Waals surface area contributed by atoms with E-state index >= 15 is 0 Å². The number of carbonyl (C=O) groups excluding carboxylic acids is 1. The van der Waals surface area contributed by atoms with Gasteiger partial charge in [-0.3, -0.25) is 4.79 Å². The summed E-state index contributed by atoms with van der Waals surface area (Å²) in [7, 11) is 1.59. The summed E-state index contributed by atoms with van der Waals surface area (Å²) in [5, 5.41) is 5.40. The van der Waals surface area contributed by atoms with Crippen LogP contribution < -0.4 is 10.1 Å². The zero-order valence-electron chi connectivity index (χ0n) is 13.2. The van der Waals surface area contributed by atoms with Crippen molar-refractivity contribution in [3.05, 3.63) is 77.9 Å². The second-order valence-corrected chi connectivity index (χ2v) is 5.53. The van der Waals surface area contributed by atoms with Gasteiger partial charge >= 0.3 is 0 Å². The average Bonchev–Trinajstić information content (AvgIpc) is 2.61. The topological polar surface area (TPSA) is 38.3 Å². The highest BCUT2D eigenvalue weighted by atomic mass is 16.5. The first kappa shape index (κ1) is 15.1. The van der Waals surface area contributed by atoms with Gasteiger partial charge in [-0.15, -0.1) is 0 Å². The van der Waals surface area contributed by atoms with E-state index in [0.717, 1.165) is 5.56 Å². The van der Waals surface area contributed by atoms with Crippen molar-refractivity contribution in [2.75, 3.05) is 7.11 Å². The van der Waals surface area contributed by atoms with Gasteiger partial charge in [0, 0.05) is 5.56 Å². The molecule has 1 atom stereocenters. The van der Waals surface area contributed by atoms with Crippen LogP contribution >= 0.6 is 0 Å². The van der Waals surface area contributed by atoms with Gasteiger partial charge in [0.2, 0.25) is 0 Å². The molecule has 0 aliphatic heterocycles. The first-order valence-corrected chi connectivity index (χ1v) is 7.61. The standard InChI is InChI=1S/C20H19NO2/c1-14(16-11-10-15-6-3-4-7-17(15)12-16)21-20(22)18-8-5-9-19(13-18)23-2/h3-14H,1-2H3,(H,21,22)/t14-/m0/s1. The highest BCUT2D eigenvalue weighted by molar-refractivity contribution is 5.95. The van der Waals surface area contributed by atoms with Gasteiger partial charge in [-0.05, 0) is 47.5 Å². The number of nitrogens with one attached hydrogen (secondary N) is 1. The number of carbonyl (C=O) groups is 1. The van der Waals surface area contributed by atoms with Crippen molar-refractivity contribution in [2.24, 2.45) is 0 Å². The van der Waals surface area contributed by atoms with Gasteiger partial charge in [-0.2, -0.15) is 0 Å². The van der Waals surface area contributed by atoms with Crippen molar-refractivity contribution < 1.29 is 9.53 Å². The summed E-state index contributed by atoms with van der Waals surface area (Å²) >= 11 is 0. The molecule has 3 heteroatoms. The molecule has 1 N–H and O–H groups in total. The lowest BCUT2D eigenvalue weighted by Gasteiger charge is -2.15. The van der Waals surface area contributed by atoms with Crippen LogP contribution in [0.4, 0.5) is 0 Å². The van der Waals surface area contributed by atoms with Gasteiger partial charge in [0.15, 0.2) is 0 Å². The molecule has 3 aromatic carbocycles. The Morgan fingerprint density at radius 2 is 1.74 bits per heavy atom. The lowest BCUT2D eigenvalue weighted by atomic mass is 10.0. The summed E-state index contributed by atoms with van der Waals surface area (Å²) in [5.74, 6) is 0.570. The zero-order chi connectivity index (χ0) is 16.2. The van der Waals surface area contributed by atoms with Crippen LogP contribution in [0, 0.1) is 0 Å². The van der Waals surface area contributed by atoms with Crippen molar-refractivity contribution in [1.82, 2.24) is 5.32 Å². The molecule has 0 spiro atoms. The maximum absolute atomic E-state index is 12.4. The number of fused-ring (bicyclic) bond motifs is 1. The molecule has 0 aromatic heterocycles. The van der Waals surface area contributed by atoms with Gasteiger partial charge in [-0.1, -0.05) is 42.5 Å². The molecule has 0 heterocycles. The lowest BCUT2D eigenvalue weighted by Crippen LogP contribution is -2.26. The maximum Gasteiger partial charge on any atom is 0.251 e. The highest BCUT2D eigenvalue weighted by Gasteiger charge is 2.12. The summed E-state index contributed by atoms with van der Waals surface area (Å²) in [4.78, 5) is 12.4.